The van der Waals surface area contributed by atoms with Crippen molar-refractivity contribution < 1.29 is 12.8 Å². The van der Waals surface area contributed by atoms with Crippen LogP contribution < -0.4 is 0 Å². The van der Waals surface area contributed by atoms with Gasteiger partial charge in [-0.2, -0.15) is 4.31 Å². The van der Waals surface area contributed by atoms with Gasteiger partial charge in [0.05, 0.1) is 4.90 Å². The van der Waals surface area contributed by atoms with Crippen LogP contribution in [0.1, 0.15) is 13.3 Å². The lowest BCUT2D eigenvalue weighted by Gasteiger charge is -2.33. The van der Waals surface area contributed by atoms with Gasteiger partial charge in [0, 0.05) is 26.2 Å². The molecule has 0 atom stereocenters. The Morgan fingerprint density at radius 2 is 1.89 bits per heavy atom. The summed E-state index contributed by atoms with van der Waals surface area (Å²) in [7, 11) is -3.56. The first-order valence-electron chi connectivity index (χ1n) is 6.52. The quantitative estimate of drug-likeness (QED) is 0.843. The molecule has 4 nitrogen and oxygen atoms in total. The summed E-state index contributed by atoms with van der Waals surface area (Å²) in [5.41, 5.74) is 0. The van der Waals surface area contributed by atoms with Crippen molar-refractivity contribution in [3.8, 4) is 0 Å². The molecule has 1 aliphatic heterocycles. The van der Waals surface area contributed by atoms with E-state index in [0.717, 1.165) is 32.1 Å². The Labute approximate surface area is 113 Å². The van der Waals surface area contributed by atoms with Gasteiger partial charge in [0.25, 0.3) is 0 Å². The third kappa shape index (κ3) is 3.32. The van der Waals surface area contributed by atoms with Crippen molar-refractivity contribution in [3.05, 3.63) is 30.1 Å². The maximum Gasteiger partial charge on any atom is 0.243 e. The van der Waals surface area contributed by atoms with Gasteiger partial charge in [-0.15, -0.1) is 0 Å². The molecule has 0 bridgehead atoms. The van der Waals surface area contributed by atoms with Crippen LogP contribution >= 0.6 is 0 Å². The smallest absolute Gasteiger partial charge is 0.243 e. The van der Waals surface area contributed by atoms with E-state index in [9.17, 15) is 12.8 Å². The lowest BCUT2D eigenvalue weighted by molar-refractivity contribution is 0.188. The number of hydrogen-bond acceptors (Lipinski definition) is 3. The minimum absolute atomic E-state index is 0.0384. The normalized spacial score (nSPS) is 18.6. The lowest BCUT2D eigenvalue weighted by Crippen LogP contribution is -2.48. The molecule has 0 unspecified atom stereocenters. The number of sulfonamides is 1. The summed E-state index contributed by atoms with van der Waals surface area (Å²) in [4.78, 5) is 2.29. The molecule has 0 amide bonds. The van der Waals surface area contributed by atoms with Crippen LogP contribution in [0, 0.1) is 5.82 Å². The Bertz CT molecular complexity index is 525. The summed E-state index contributed by atoms with van der Waals surface area (Å²) in [5, 5.41) is 0. The zero-order chi connectivity index (χ0) is 13.9. The lowest BCUT2D eigenvalue weighted by atomic mass is 10.3. The number of hydrogen-bond donors (Lipinski definition) is 0. The molecule has 106 valence electrons. The molecule has 0 saturated carbocycles. The molecular weight excluding hydrogens is 267 g/mol. The predicted octanol–water partition coefficient (Wildman–Crippen LogP) is 1.54. The van der Waals surface area contributed by atoms with Gasteiger partial charge in [0.1, 0.15) is 5.82 Å². The molecule has 0 spiro atoms. The Balaban J connectivity index is 2.10. The van der Waals surface area contributed by atoms with Crippen LogP contribution in [0.2, 0.25) is 0 Å². The van der Waals surface area contributed by atoms with Crippen molar-refractivity contribution in [2.45, 2.75) is 18.2 Å². The minimum Gasteiger partial charge on any atom is -0.301 e. The van der Waals surface area contributed by atoms with Gasteiger partial charge < -0.3 is 4.90 Å². The summed E-state index contributed by atoms with van der Waals surface area (Å²) in [6.45, 7) is 5.52. The van der Waals surface area contributed by atoms with Crippen molar-refractivity contribution in [3.63, 3.8) is 0 Å². The predicted molar refractivity (Wildman–Crippen MR) is 71.9 cm³/mol. The average Bonchev–Trinajstić information content (AvgIpc) is 2.40. The van der Waals surface area contributed by atoms with Crippen molar-refractivity contribution in [1.29, 1.82) is 0 Å². The molecule has 1 aromatic carbocycles. The third-order valence-electron chi connectivity index (χ3n) is 3.30. The second kappa shape index (κ2) is 5.98. The molecule has 0 N–H and O–H groups in total. The second-order valence-electron chi connectivity index (χ2n) is 4.70. The summed E-state index contributed by atoms with van der Waals surface area (Å²) >= 11 is 0. The molecule has 6 heteroatoms. The fourth-order valence-electron chi connectivity index (χ4n) is 2.29. The molecule has 1 saturated heterocycles. The molecule has 2 rings (SSSR count). The monoisotopic (exact) mass is 286 g/mol. The van der Waals surface area contributed by atoms with Crippen LogP contribution in [0.25, 0.3) is 0 Å². The second-order valence-corrected chi connectivity index (χ2v) is 6.64. The van der Waals surface area contributed by atoms with E-state index in [1.807, 2.05) is 0 Å². The molecule has 0 aliphatic carbocycles. The van der Waals surface area contributed by atoms with E-state index < -0.39 is 15.8 Å². The Morgan fingerprint density at radius 3 is 2.47 bits per heavy atom. The first-order valence-corrected chi connectivity index (χ1v) is 7.96. The van der Waals surface area contributed by atoms with Crippen molar-refractivity contribution >= 4 is 10.0 Å². The fraction of sp³-hybridized carbons (Fsp3) is 0.538. The van der Waals surface area contributed by atoms with E-state index in [1.54, 1.807) is 0 Å². The fourth-order valence-corrected chi connectivity index (χ4v) is 3.74. The van der Waals surface area contributed by atoms with Crippen LogP contribution in [0.4, 0.5) is 4.39 Å². The van der Waals surface area contributed by atoms with Gasteiger partial charge in [-0.3, -0.25) is 0 Å². The molecule has 1 heterocycles. The Kier molecular flexibility index (Phi) is 4.54. The standard InChI is InChI=1S/C13H19FN2O2S/c1-2-6-15-7-9-16(10-8-15)19(17,18)13-5-3-4-12(14)11-13/h3-5,11H,2,6-10H2,1H3. The highest BCUT2D eigenvalue weighted by Gasteiger charge is 2.28. The number of nitrogens with zero attached hydrogens (tertiary/aromatic N) is 2. The van der Waals surface area contributed by atoms with E-state index in [1.165, 1.54) is 22.5 Å². The molecule has 1 aromatic rings. The van der Waals surface area contributed by atoms with Gasteiger partial charge >= 0.3 is 0 Å². The van der Waals surface area contributed by atoms with E-state index in [4.69, 9.17) is 0 Å². The number of halogens is 1. The maximum atomic E-state index is 13.1. The average molecular weight is 286 g/mol. The van der Waals surface area contributed by atoms with Crippen LogP contribution in [-0.4, -0.2) is 50.3 Å². The first kappa shape index (κ1) is 14.4. The largest absolute Gasteiger partial charge is 0.301 e. The number of benzene rings is 1. The van der Waals surface area contributed by atoms with Gasteiger partial charge in [0.2, 0.25) is 10.0 Å². The minimum atomic E-state index is -3.56. The van der Waals surface area contributed by atoms with Gasteiger partial charge in [-0.1, -0.05) is 13.0 Å². The summed E-state index contributed by atoms with van der Waals surface area (Å²) in [6, 6.07) is 5.19. The van der Waals surface area contributed by atoms with E-state index >= 15 is 0 Å². The van der Waals surface area contributed by atoms with Crippen LogP contribution in [-0.2, 0) is 10.0 Å². The zero-order valence-corrected chi connectivity index (χ0v) is 11.9. The Morgan fingerprint density at radius 1 is 1.21 bits per heavy atom. The molecular formula is C13H19FN2O2S. The molecule has 1 aliphatic rings. The first-order chi connectivity index (χ1) is 9.04. The van der Waals surface area contributed by atoms with Crippen molar-refractivity contribution in [2.24, 2.45) is 0 Å². The van der Waals surface area contributed by atoms with Gasteiger partial charge in [0.15, 0.2) is 0 Å². The number of rotatable bonds is 4. The van der Waals surface area contributed by atoms with E-state index in [2.05, 4.69) is 11.8 Å². The maximum absolute atomic E-state index is 13.1. The van der Waals surface area contributed by atoms with Crippen LogP contribution in [0.15, 0.2) is 29.2 Å². The van der Waals surface area contributed by atoms with E-state index in [0.29, 0.717) is 13.1 Å². The summed E-state index contributed by atoms with van der Waals surface area (Å²) < 4.78 is 39.3. The molecule has 0 radical (unpaired) electrons. The van der Waals surface area contributed by atoms with Crippen molar-refractivity contribution in [2.75, 3.05) is 32.7 Å². The molecule has 0 aromatic heterocycles. The summed E-state index contributed by atoms with van der Waals surface area (Å²) in [6.07, 6.45) is 1.07. The highest BCUT2D eigenvalue weighted by molar-refractivity contribution is 7.89. The van der Waals surface area contributed by atoms with E-state index in [-0.39, 0.29) is 4.90 Å². The SMILES string of the molecule is CCCN1CCN(S(=O)(=O)c2cccc(F)c2)CC1. The van der Waals surface area contributed by atoms with Crippen LogP contribution in [0.5, 0.6) is 0 Å². The Hall–Kier alpha value is -0.980. The molecule has 19 heavy (non-hydrogen) atoms. The topological polar surface area (TPSA) is 40.6 Å². The van der Waals surface area contributed by atoms with Gasteiger partial charge in [-0.05, 0) is 31.2 Å². The third-order valence-corrected chi connectivity index (χ3v) is 5.20. The highest BCUT2D eigenvalue weighted by Crippen LogP contribution is 2.18. The van der Waals surface area contributed by atoms with Gasteiger partial charge in [-0.25, -0.2) is 12.8 Å². The summed E-state index contributed by atoms with van der Waals surface area (Å²) in [5.74, 6) is -0.523. The molecule has 1 fully saturated rings. The van der Waals surface area contributed by atoms with Crippen LogP contribution in [0.3, 0.4) is 0 Å². The van der Waals surface area contributed by atoms with Crippen molar-refractivity contribution in [1.82, 2.24) is 9.21 Å². The highest BCUT2D eigenvalue weighted by atomic mass is 32.2. The zero-order valence-electron chi connectivity index (χ0n) is 11.0. The number of piperazine rings is 1.